The second-order valence-electron chi connectivity index (χ2n) is 4.61. The van der Waals surface area contributed by atoms with E-state index in [0.29, 0.717) is 5.56 Å². The summed E-state index contributed by atoms with van der Waals surface area (Å²) in [5, 5.41) is 3.98. The monoisotopic (exact) mass is 310 g/mol. The van der Waals surface area contributed by atoms with E-state index in [9.17, 15) is 4.79 Å². The Labute approximate surface area is 131 Å². The highest BCUT2D eigenvalue weighted by Gasteiger charge is 2.06. The second kappa shape index (κ2) is 6.44. The fourth-order valence-corrected chi connectivity index (χ4v) is 2.41. The molecule has 0 radical (unpaired) electrons. The smallest absolute Gasteiger partial charge is 0.271 e. The number of imidazole rings is 1. The van der Waals surface area contributed by atoms with Gasteiger partial charge in [-0.25, -0.2) is 10.4 Å². The molecular weight excluding hydrogens is 296 g/mol. The molecule has 0 aliphatic carbocycles. The molecule has 3 aromatic rings. The predicted octanol–water partition coefficient (Wildman–Crippen LogP) is 3.05. The standard InChI is InChI=1S/C16H14N4OS/c1-22-13-5-2-11(3-6-13)9-19-20-16(21)12-4-7-14-15(8-12)18-10-17-14/h2-10H,1H3,(H,17,18)(H,20,21)/b19-9-. The van der Waals surface area contributed by atoms with Crippen LogP contribution in [0, 0.1) is 0 Å². The highest BCUT2D eigenvalue weighted by atomic mass is 32.2. The molecule has 2 N–H and O–H groups in total. The maximum absolute atomic E-state index is 12.0. The first-order chi connectivity index (χ1) is 10.8. The fourth-order valence-electron chi connectivity index (χ4n) is 2.00. The van der Waals surface area contributed by atoms with E-state index in [4.69, 9.17) is 0 Å². The molecule has 3 rings (SSSR count). The second-order valence-corrected chi connectivity index (χ2v) is 5.49. The number of hydrogen-bond donors (Lipinski definition) is 2. The minimum Gasteiger partial charge on any atom is -0.345 e. The average molecular weight is 310 g/mol. The number of hydrogen-bond acceptors (Lipinski definition) is 4. The van der Waals surface area contributed by atoms with E-state index >= 15 is 0 Å². The van der Waals surface area contributed by atoms with Gasteiger partial charge in [-0.3, -0.25) is 4.79 Å². The number of amides is 1. The molecule has 0 unspecified atom stereocenters. The molecule has 0 atom stereocenters. The van der Waals surface area contributed by atoms with E-state index in [0.717, 1.165) is 16.6 Å². The third-order valence-corrected chi connectivity index (χ3v) is 3.92. The summed E-state index contributed by atoms with van der Waals surface area (Å²) < 4.78 is 0. The maximum Gasteiger partial charge on any atom is 0.271 e. The van der Waals surface area contributed by atoms with Crippen LogP contribution in [0.2, 0.25) is 0 Å². The molecule has 2 aromatic carbocycles. The number of aromatic amines is 1. The summed E-state index contributed by atoms with van der Waals surface area (Å²) in [6.07, 6.45) is 5.25. The van der Waals surface area contributed by atoms with Crippen molar-refractivity contribution < 1.29 is 4.79 Å². The Balaban J connectivity index is 1.66. The first kappa shape index (κ1) is 14.3. The Morgan fingerprint density at radius 1 is 1.27 bits per heavy atom. The SMILES string of the molecule is CSc1ccc(/C=N\NC(=O)c2ccc3nc[nH]c3c2)cc1. The molecule has 1 heterocycles. The van der Waals surface area contributed by atoms with E-state index in [1.165, 1.54) is 4.90 Å². The summed E-state index contributed by atoms with van der Waals surface area (Å²) in [7, 11) is 0. The molecule has 5 nitrogen and oxygen atoms in total. The van der Waals surface area contributed by atoms with Gasteiger partial charge in [0.25, 0.3) is 5.91 Å². The van der Waals surface area contributed by atoms with Crippen LogP contribution in [0.4, 0.5) is 0 Å². The van der Waals surface area contributed by atoms with Gasteiger partial charge < -0.3 is 4.98 Å². The lowest BCUT2D eigenvalue weighted by Crippen LogP contribution is -2.17. The summed E-state index contributed by atoms with van der Waals surface area (Å²) in [4.78, 5) is 20.3. The maximum atomic E-state index is 12.0. The van der Waals surface area contributed by atoms with Crippen LogP contribution in [0.15, 0.2) is 58.8 Å². The quantitative estimate of drug-likeness (QED) is 0.442. The minimum atomic E-state index is -0.256. The van der Waals surface area contributed by atoms with Gasteiger partial charge >= 0.3 is 0 Å². The molecule has 110 valence electrons. The summed E-state index contributed by atoms with van der Waals surface area (Å²) >= 11 is 1.68. The summed E-state index contributed by atoms with van der Waals surface area (Å²) in [5.41, 5.74) is 5.64. The predicted molar refractivity (Wildman–Crippen MR) is 89.4 cm³/mol. The average Bonchev–Trinajstić information content (AvgIpc) is 3.03. The summed E-state index contributed by atoms with van der Waals surface area (Å²) in [6, 6.07) is 13.2. The number of carbonyl (C=O) groups is 1. The first-order valence-corrected chi connectivity index (χ1v) is 7.89. The van der Waals surface area contributed by atoms with E-state index in [1.807, 2.05) is 30.5 Å². The van der Waals surface area contributed by atoms with Gasteiger partial charge in [0, 0.05) is 10.5 Å². The van der Waals surface area contributed by atoms with Gasteiger partial charge in [-0.15, -0.1) is 11.8 Å². The molecule has 0 aliphatic heterocycles. The van der Waals surface area contributed by atoms with E-state index < -0.39 is 0 Å². The molecule has 0 bridgehead atoms. The Hall–Kier alpha value is -2.60. The molecule has 0 saturated carbocycles. The Morgan fingerprint density at radius 3 is 2.86 bits per heavy atom. The lowest BCUT2D eigenvalue weighted by Gasteiger charge is -2.00. The van der Waals surface area contributed by atoms with Crippen molar-refractivity contribution in [1.82, 2.24) is 15.4 Å². The van der Waals surface area contributed by atoms with Crippen molar-refractivity contribution in [2.45, 2.75) is 4.90 Å². The van der Waals surface area contributed by atoms with Crippen LogP contribution >= 0.6 is 11.8 Å². The molecular formula is C16H14N4OS. The van der Waals surface area contributed by atoms with Crippen LogP contribution in [0.1, 0.15) is 15.9 Å². The molecule has 1 aromatic heterocycles. The Bertz CT molecular complexity index is 824. The van der Waals surface area contributed by atoms with E-state index in [1.54, 1.807) is 42.5 Å². The van der Waals surface area contributed by atoms with Gasteiger partial charge in [-0.05, 0) is 42.2 Å². The minimum absolute atomic E-state index is 0.256. The number of thioether (sulfide) groups is 1. The Morgan fingerprint density at radius 2 is 2.09 bits per heavy atom. The Kier molecular flexibility index (Phi) is 4.20. The van der Waals surface area contributed by atoms with Crippen LogP contribution in [0.25, 0.3) is 11.0 Å². The zero-order chi connectivity index (χ0) is 15.4. The number of aromatic nitrogens is 2. The van der Waals surface area contributed by atoms with E-state index in [2.05, 4.69) is 20.5 Å². The molecule has 22 heavy (non-hydrogen) atoms. The summed E-state index contributed by atoms with van der Waals surface area (Å²) in [5.74, 6) is -0.256. The van der Waals surface area contributed by atoms with Crippen LogP contribution in [0.5, 0.6) is 0 Å². The van der Waals surface area contributed by atoms with Crippen molar-refractivity contribution in [3.63, 3.8) is 0 Å². The van der Waals surface area contributed by atoms with Gasteiger partial charge in [0.1, 0.15) is 0 Å². The number of carbonyl (C=O) groups excluding carboxylic acids is 1. The van der Waals surface area contributed by atoms with Crippen molar-refractivity contribution in [3.05, 3.63) is 59.9 Å². The molecule has 0 aliphatic rings. The molecule has 0 saturated heterocycles. The zero-order valence-electron chi connectivity index (χ0n) is 11.9. The largest absolute Gasteiger partial charge is 0.345 e. The third-order valence-electron chi connectivity index (χ3n) is 3.18. The third kappa shape index (κ3) is 3.17. The van der Waals surface area contributed by atoms with Crippen LogP contribution in [0.3, 0.4) is 0 Å². The van der Waals surface area contributed by atoms with Gasteiger partial charge in [0.15, 0.2) is 0 Å². The molecule has 6 heteroatoms. The van der Waals surface area contributed by atoms with Crippen molar-refractivity contribution in [3.8, 4) is 0 Å². The number of H-pyrrole nitrogens is 1. The van der Waals surface area contributed by atoms with Crippen molar-refractivity contribution in [2.75, 3.05) is 6.26 Å². The number of nitrogens with one attached hydrogen (secondary N) is 2. The van der Waals surface area contributed by atoms with Gasteiger partial charge in [0.05, 0.1) is 23.6 Å². The highest BCUT2D eigenvalue weighted by Crippen LogP contribution is 2.14. The summed E-state index contributed by atoms with van der Waals surface area (Å²) in [6.45, 7) is 0. The fraction of sp³-hybridized carbons (Fsp3) is 0.0625. The lowest BCUT2D eigenvalue weighted by atomic mass is 10.2. The van der Waals surface area contributed by atoms with Crippen molar-refractivity contribution in [1.29, 1.82) is 0 Å². The van der Waals surface area contributed by atoms with Gasteiger partial charge in [0.2, 0.25) is 0 Å². The lowest BCUT2D eigenvalue weighted by molar-refractivity contribution is 0.0955. The normalized spacial score (nSPS) is 11.1. The first-order valence-electron chi connectivity index (χ1n) is 6.67. The topological polar surface area (TPSA) is 70.1 Å². The van der Waals surface area contributed by atoms with Crippen molar-refractivity contribution >= 4 is 34.9 Å². The molecule has 0 fully saturated rings. The molecule has 0 spiro atoms. The number of fused-ring (bicyclic) bond motifs is 1. The van der Waals surface area contributed by atoms with Crippen LogP contribution in [-0.4, -0.2) is 28.3 Å². The van der Waals surface area contributed by atoms with Crippen molar-refractivity contribution in [2.24, 2.45) is 5.10 Å². The molecule has 1 amide bonds. The highest BCUT2D eigenvalue weighted by molar-refractivity contribution is 7.98. The van der Waals surface area contributed by atoms with Crippen LogP contribution in [-0.2, 0) is 0 Å². The number of rotatable bonds is 4. The zero-order valence-corrected chi connectivity index (χ0v) is 12.7. The number of hydrazone groups is 1. The van der Waals surface area contributed by atoms with Gasteiger partial charge in [-0.1, -0.05) is 12.1 Å². The number of benzene rings is 2. The van der Waals surface area contributed by atoms with E-state index in [-0.39, 0.29) is 5.91 Å². The number of nitrogens with zero attached hydrogens (tertiary/aromatic N) is 2. The van der Waals surface area contributed by atoms with Crippen LogP contribution < -0.4 is 5.43 Å². The van der Waals surface area contributed by atoms with Gasteiger partial charge in [-0.2, -0.15) is 5.10 Å².